The van der Waals surface area contributed by atoms with E-state index in [-0.39, 0.29) is 55.3 Å². The van der Waals surface area contributed by atoms with Crippen molar-refractivity contribution in [1.29, 1.82) is 5.26 Å². The highest BCUT2D eigenvalue weighted by atomic mass is 32.1. The van der Waals surface area contributed by atoms with Crippen LogP contribution in [0.5, 0.6) is 6.01 Å². The number of likely N-dealkylation sites (N-methyl/N-ethyl adjacent to an activating group) is 1. The molecule has 2 aromatic heterocycles. The summed E-state index contributed by atoms with van der Waals surface area (Å²) in [6.07, 6.45) is -2.35. The Morgan fingerprint density at radius 2 is 2.05 bits per heavy atom. The number of nitrogens with zero attached hydrogens (tertiary/aromatic N) is 4. The van der Waals surface area contributed by atoms with Crippen LogP contribution in [0.25, 0.3) is 32.1 Å². The first-order valence-corrected chi connectivity index (χ1v) is 12.2. The lowest BCUT2D eigenvalue weighted by molar-refractivity contribution is -0.137. The molecule has 1 aliphatic heterocycles. The van der Waals surface area contributed by atoms with Crippen molar-refractivity contribution < 1.29 is 26.7 Å². The van der Waals surface area contributed by atoms with Crippen LogP contribution >= 0.6 is 11.3 Å². The topological polar surface area (TPSA) is 88.1 Å². The zero-order valence-electron chi connectivity index (χ0n) is 19.7. The van der Waals surface area contributed by atoms with E-state index in [9.17, 15) is 22.8 Å². The van der Waals surface area contributed by atoms with Gasteiger partial charge in [0.1, 0.15) is 28.5 Å². The molecule has 0 unspecified atom stereocenters. The summed E-state index contributed by atoms with van der Waals surface area (Å²) in [5.74, 6) is -2.07. The number of hydrogen-bond donors (Lipinski definition) is 1. The molecule has 0 amide bonds. The van der Waals surface area contributed by atoms with Crippen LogP contribution in [-0.4, -0.2) is 40.6 Å². The SMILES string of the molecule is C[C@H](Oc1ncc2cc(C(F)(F)F)c(-c3ccc(F)c4sc(N)c(C#N)c34)c(F)c2n1)[C@@H]1CCCN1C. The molecule has 2 N–H and O–H groups in total. The fourth-order valence-corrected chi connectivity index (χ4v) is 5.90. The number of nitrogens with two attached hydrogens (primary N) is 1. The number of benzene rings is 2. The number of anilines is 1. The van der Waals surface area contributed by atoms with Crippen molar-refractivity contribution in [3.05, 3.63) is 47.2 Å². The zero-order chi connectivity index (χ0) is 26.6. The fraction of sp³-hybridized carbons (Fsp3) is 0.320. The minimum atomic E-state index is -4.98. The molecule has 2 atom stereocenters. The normalized spacial score (nSPS) is 17.4. The van der Waals surface area contributed by atoms with Crippen molar-refractivity contribution in [2.45, 2.75) is 38.1 Å². The summed E-state index contributed by atoms with van der Waals surface area (Å²) in [5.41, 5.74) is 2.75. The summed E-state index contributed by atoms with van der Waals surface area (Å²) < 4.78 is 78.8. The number of alkyl halides is 3. The molecule has 6 nitrogen and oxygen atoms in total. The van der Waals surface area contributed by atoms with Gasteiger partial charge < -0.3 is 10.5 Å². The average Bonchev–Trinajstić information content (AvgIpc) is 3.42. The number of thiophene rings is 1. The third-order valence-electron chi connectivity index (χ3n) is 6.71. The monoisotopic (exact) mass is 533 g/mol. The van der Waals surface area contributed by atoms with Gasteiger partial charge >= 0.3 is 12.2 Å². The molecule has 0 saturated carbocycles. The van der Waals surface area contributed by atoms with Crippen molar-refractivity contribution >= 4 is 37.3 Å². The van der Waals surface area contributed by atoms with E-state index in [4.69, 9.17) is 10.5 Å². The van der Waals surface area contributed by atoms with Crippen LogP contribution in [0.1, 0.15) is 30.9 Å². The first-order valence-electron chi connectivity index (χ1n) is 11.4. The zero-order valence-corrected chi connectivity index (χ0v) is 20.5. The molecule has 5 rings (SSSR count). The highest BCUT2D eigenvalue weighted by Crippen LogP contribution is 2.47. The van der Waals surface area contributed by atoms with E-state index in [0.29, 0.717) is 11.3 Å². The number of rotatable bonds is 4. The Balaban J connectivity index is 1.73. The predicted molar refractivity (Wildman–Crippen MR) is 130 cm³/mol. The van der Waals surface area contributed by atoms with Crippen molar-refractivity contribution in [2.24, 2.45) is 0 Å². The number of likely N-dealkylation sites (tertiary alicyclic amines) is 1. The van der Waals surface area contributed by atoms with E-state index in [1.54, 1.807) is 6.07 Å². The molecule has 192 valence electrons. The van der Waals surface area contributed by atoms with Crippen LogP contribution in [0.2, 0.25) is 0 Å². The maximum Gasteiger partial charge on any atom is 0.417 e. The molecule has 37 heavy (non-hydrogen) atoms. The van der Waals surface area contributed by atoms with E-state index < -0.39 is 28.9 Å². The van der Waals surface area contributed by atoms with Crippen LogP contribution in [0.15, 0.2) is 24.4 Å². The molecule has 2 aromatic carbocycles. The summed E-state index contributed by atoms with van der Waals surface area (Å²) in [6.45, 7) is 2.73. The van der Waals surface area contributed by atoms with Crippen LogP contribution < -0.4 is 10.5 Å². The van der Waals surface area contributed by atoms with Gasteiger partial charge in [0.05, 0.1) is 15.8 Å². The Labute approximate surface area is 212 Å². The second-order valence-corrected chi connectivity index (χ2v) is 10.0. The van der Waals surface area contributed by atoms with Gasteiger partial charge in [0.25, 0.3) is 0 Å². The minimum absolute atomic E-state index is 0.0810. The highest BCUT2D eigenvalue weighted by Gasteiger charge is 2.38. The third-order valence-corrected chi connectivity index (χ3v) is 7.73. The van der Waals surface area contributed by atoms with Gasteiger partial charge in [-0.3, -0.25) is 4.90 Å². The molecule has 1 aliphatic rings. The number of nitriles is 1. The van der Waals surface area contributed by atoms with Gasteiger partial charge in [-0.2, -0.15) is 23.4 Å². The maximum absolute atomic E-state index is 16.0. The Kier molecular flexibility index (Phi) is 6.16. The Hall–Kier alpha value is -3.56. The van der Waals surface area contributed by atoms with E-state index in [0.717, 1.165) is 43.8 Å². The van der Waals surface area contributed by atoms with E-state index in [1.165, 1.54) is 0 Å². The molecule has 4 aromatic rings. The molecular weight excluding hydrogens is 513 g/mol. The Bertz CT molecular complexity index is 1580. The van der Waals surface area contributed by atoms with Gasteiger partial charge in [0.15, 0.2) is 5.82 Å². The molecule has 12 heteroatoms. The number of nitrogen functional groups attached to an aromatic ring is 1. The van der Waals surface area contributed by atoms with Crippen molar-refractivity contribution in [3.63, 3.8) is 0 Å². The van der Waals surface area contributed by atoms with Crippen molar-refractivity contribution in [2.75, 3.05) is 19.3 Å². The maximum atomic E-state index is 16.0. The number of hydrogen-bond acceptors (Lipinski definition) is 7. The van der Waals surface area contributed by atoms with Crippen LogP contribution in [0.4, 0.5) is 27.0 Å². The second-order valence-electron chi connectivity index (χ2n) is 8.97. The molecule has 0 bridgehead atoms. The van der Waals surface area contributed by atoms with Crippen LogP contribution in [-0.2, 0) is 6.18 Å². The summed E-state index contributed by atoms with van der Waals surface area (Å²) >= 11 is 0.710. The summed E-state index contributed by atoms with van der Waals surface area (Å²) in [5, 5.41) is 9.12. The van der Waals surface area contributed by atoms with E-state index >= 15 is 4.39 Å². The van der Waals surface area contributed by atoms with Crippen molar-refractivity contribution in [1.82, 2.24) is 14.9 Å². The minimum Gasteiger partial charge on any atom is -0.459 e. The van der Waals surface area contributed by atoms with Gasteiger partial charge in [-0.1, -0.05) is 6.07 Å². The van der Waals surface area contributed by atoms with Crippen LogP contribution in [0, 0.1) is 23.0 Å². The number of ether oxygens (including phenoxy) is 1. The summed E-state index contributed by atoms with van der Waals surface area (Å²) in [6, 6.07) is 4.39. The van der Waals surface area contributed by atoms with Gasteiger partial charge in [-0.05, 0) is 51.1 Å². The smallest absolute Gasteiger partial charge is 0.417 e. The lowest BCUT2D eigenvalue weighted by atomic mass is 9.93. The highest BCUT2D eigenvalue weighted by molar-refractivity contribution is 7.23. The van der Waals surface area contributed by atoms with Gasteiger partial charge in [-0.25, -0.2) is 13.8 Å². The predicted octanol–water partition coefficient (Wildman–Crippen LogP) is 6.12. The summed E-state index contributed by atoms with van der Waals surface area (Å²) in [7, 11) is 1.96. The lowest BCUT2D eigenvalue weighted by Gasteiger charge is -2.25. The number of fused-ring (bicyclic) bond motifs is 2. The van der Waals surface area contributed by atoms with Gasteiger partial charge in [0.2, 0.25) is 0 Å². The lowest BCUT2D eigenvalue weighted by Crippen LogP contribution is -2.38. The third kappa shape index (κ3) is 4.22. The Morgan fingerprint density at radius 3 is 2.70 bits per heavy atom. The first-order chi connectivity index (χ1) is 17.5. The molecule has 0 radical (unpaired) electrons. The van der Waals surface area contributed by atoms with Gasteiger partial charge in [-0.15, -0.1) is 11.3 Å². The molecule has 0 aliphatic carbocycles. The molecular formula is C25H20F5N5OS. The number of halogens is 5. The average molecular weight is 534 g/mol. The molecule has 0 spiro atoms. The Morgan fingerprint density at radius 1 is 1.30 bits per heavy atom. The molecule has 3 heterocycles. The fourth-order valence-electron chi connectivity index (χ4n) is 4.95. The van der Waals surface area contributed by atoms with Crippen molar-refractivity contribution in [3.8, 4) is 23.2 Å². The standard InChI is InChI=1S/C25H20F5N5OS/c1-11(17-4-3-7-35(17)2)36-24-33-10-12-8-15(25(28,29)30)19(20(27)21(12)34-24)13-5-6-16(26)22-18(13)14(9-31)23(32)37-22/h5-6,8,10-11,17H,3-4,7,32H2,1-2H3/t11-,17-/m0/s1. The molecule has 1 fully saturated rings. The number of aromatic nitrogens is 2. The summed E-state index contributed by atoms with van der Waals surface area (Å²) in [4.78, 5) is 10.2. The van der Waals surface area contributed by atoms with Crippen LogP contribution in [0.3, 0.4) is 0 Å². The first kappa shape index (κ1) is 25.1. The van der Waals surface area contributed by atoms with E-state index in [2.05, 4.69) is 14.9 Å². The quantitative estimate of drug-likeness (QED) is 0.318. The molecule has 1 saturated heterocycles. The van der Waals surface area contributed by atoms with E-state index in [1.807, 2.05) is 14.0 Å². The largest absolute Gasteiger partial charge is 0.459 e. The second kappa shape index (κ2) is 9.08. The van der Waals surface area contributed by atoms with Gasteiger partial charge in [0, 0.05) is 28.6 Å².